The van der Waals surface area contributed by atoms with Crippen LogP contribution >= 0.6 is 0 Å². The summed E-state index contributed by atoms with van der Waals surface area (Å²) in [4.78, 5) is 13.8. The third-order valence-corrected chi connectivity index (χ3v) is 3.99. The number of alkyl halides is 3. The van der Waals surface area contributed by atoms with E-state index in [-0.39, 0.29) is 11.8 Å². The molecule has 1 aromatic carbocycles. The Bertz CT molecular complexity index is 495. The van der Waals surface area contributed by atoms with Crippen molar-refractivity contribution in [3.05, 3.63) is 35.4 Å². The summed E-state index contributed by atoms with van der Waals surface area (Å²) >= 11 is 0. The summed E-state index contributed by atoms with van der Waals surface area (Å²) in [5, 5.41) is 3.13. The summed E-state index contributed by atoms with van der Waals surface area (Å²) in [5.41, 5.74) is 0.0203. The van der Waals surface area contributed by atoms with Crippen molar-refractivity contribution in [1.82, 2.24) is 10.2 Å². The molecule has 0 aromatic heterocycles. The second-order valence-corrected chi connectivity index (χ2v) is 5.60. The first kappa shape index (κ1) is 15.8. The third-order valence-electron chi connectivity index (χ3n) is 3.99. The van der Waals surface area contributed by atoms with E-state index < -0.39 is 11.7 Å². The second kappa shape index (κ2) is 6.05. The van der Waals surface area contributed by atoms with Crippen LogP contribution in [0, 0.1) is 11.8 Å². The van der Waals surface area contributed by atoms with E-state index >= 15 is 0 Å². The molecule has 21 heavy (non-hydrogen) atoms. The molecular formula is C15H19F3N2O. The van der Waals surface area contributed by atoms with Crippen molar-refractivity contribution >= 4 is 5.91 Å². The minimum Gasteiger partial charge on any atom is -0.341 e. The van der Waals surface area contributed by atoms with Gasteiger partial charge in [0.05, 0.1) is 5.56 Å². The molecule has 1 aromatic rings. The van der Waals surface area contributed by atoms with Gasteiger partial charge in [0.2, 0.25) is 5.91 Å². The number of nitrogens with one attached hydrogen (secondary N) is 1. The number of carbonyl (C=O) groups excluding carboxylic acids is 1. The van der Waals surface area contributed by atoms with Gasteiger partial charge in [-0.3, -0.25) is 4.79 Å². The summed E-state index contributed by atoms with van der Waals surface area (Å²) < 4.78 is 37.4. The number of hydrogen-bond donors (Lipinski definition) is 1. The number of carbonyl (C=O) groups is 1. The lowest BCUT2D eigenvalue weighted by Gasteiger charge is -2.34. The molecule has 1 N–H and O–H groups in total. The molecule has 6 heteroatoms. The van der Waals surface area contributed by atoms with Gasteiger partial charge in [0.25, 0.3) is 0 Å². The summed E-state index contributed by atoms with van der Waals surface area (Å²) in [5.74, 6) is 0.319. The van der Waals surface area contributed by atoms with Crippen molar-refractivity contribution in [3.8, 4) is 0 Å². The predicted octanol–water partition coefficient (Wildman–Crippen LogP) is 2.52. The molecule has 0 spiro atoms. The fourth-order valence-electron chi connectivity index (χ4n) is 2.36. The Balaban J connectivity index is 1.95. The van der Waals surface area contributed by atoms with Crippen LogP contribution in [0.2, 0.25) is 0 Å². The first-order valence-electron chi connectivity index (χ1n) is 6.91. The lowest BCUT2D eigenvalue weighted by Crippen LogP contribution is -2.49. The SMILES string of the molecule is CC(C(=O)N(C)Cc1ccc(C(F)(F)F)cc1)C1CNC1. The molecule has 3 nitrogen and oxygen atoms in total. The molecule has 1 aliphatic heterocycles. The number of benzene rings is 1. The van der Waals surface area contributed by atoms with Crippen molar-refractivity contribution in [3.63, 3.8) is 0 Å². The van der Waals surface area contributed by atoms with Crippen LogP contribution in [0.4, 0.5) is 13.2 Å². The zero-order valence-corrected chi connectivity index (χ0v) is 12.1. The highest BCUT2D eigenvalue weighted by Crippen LogP contribution is 2.29. The maximum Gasteiger partial charge on any atom is 0.416 e. The van der Waals surface area contributed by atoms with Crippen LogP contribution in [0.25, 0.3) is 0 Å². The van der Waals surface area contributed by atoms with Crippen LogP contribution in [0.3, 0.4) is 0 Å². The zero-order valence-electron chi connectivity index (χ0n) is 12.1. The number of halogens is 3. The van der Waals surface area contributed by atoms with Gasteiger partial charge in [0, 0.05) is 19.5 Å². The molecule has 0 radical (unpaired) electrons. The molecule has 116 valence electrons. The van der Waals surface area contributed by atoms with Crippen molar-refractivity contribution in [1.29, 1.82) is 0 Å². The summed E-state index contributed by atoms with van der Waals surface area (Å²) in [6.07, 6.45) is -4.33. The van der Waals surface area contributed by atoms with Crippen molar-refractivity contribution in [2.75, 3.05) is 20.1 Å². The number of hydrogen-bond acceptors (Lipinski definition) is 2. The summed E-state index contributed by atoms with van der Waals surface area (Å²) in [6.45, 7) is 3.92. The van der Waals surface area contributed by atoms with E-state index in [2.05, 4.69) is 5.32 Å². The molecule has 0 bridgehead atoms. The van der Waals surface area contributed by atoms with E-state index in [9.17, 15) is 18.0 Å². The lowest BCUT2D eigenvalue weighted by atomic mass is 9.88. The molecule has 0 aliphatic carbocycles. The number of nitrogens with zero attached hydrogens (tertiary/aromatic N) is 1. The first-order valence-corrected chi connectivity index (χ1v) is 6.91. The highest BCUT2D eigenvalue weighted by molar-refractivity contribution is 5.78. The number of rotatable bonds is 4. The van der Waals surface area contributed by atoms with E-state index in [4.69, 9.17) is 0 Å². The van der Waals surface area contributed by atoms with E-state index in [1.807, 2.05) is 6.92 Å². The molecule has 2 rings (SSSR count). The van der Waals surface area contributed by atoms with Gasteiger partial charge in [0.1, 0.15) is 0 Å². The monoisotopic (exact) mass is 300 g/mol. The Morgan fingerprint density at radius 3 is 2.33 bits per heavy atom. The minimum atomic E-state index is -4.33. The maximum atomic E-state index is 12.5. The van der Waals surface area contributed by atoms with Crippen LogP contribution in [-0.4, -0.2) is 30.9 Å². The lowest BCUT2D eigenvalue weighted by molar-refractivity contribution is -0.138. The van der Waals surface area contributed by atoms with Gasteiger partial charge in [-0.25, -0.2) is 0 Å². The fourth-order valence-corrected chi connectivity index (χ4v) is 2.36. The molecular weight excluding hydrogens is 281 g/mol. The van der Waals surface area contributed by atoms with E-state index in [0.717, 1.165) is 25.2 Å². The second-order valence-electron chi connectivity index (χ2n) is 5.60. The molecule has 1 fully saturated rings. The Hall–Kier alpha value is -1.56. The van der Waals surface area contributed by atoms with Crippen LogP contribution in [0.5, 0.6) is 0 Å². The molecule has 1 saturated heterocycles. The van der Waals surface area contributed by atoms with Crippen molar-refractivity contribution in [2.24, 2.45) is 11.8 Å². The summed E-state index contributed by atoms with van der Waals surface area (Å²) in [6, 6.07) is 4.93. The largest absolute Gasteiger partial charge is 0.416 e. The van der Waals surface area contributed by atoms with E-state index in [0.29, 0.717) is 18.0 Å². The highest BCUT2D eigenvalue weighted by atomic mass is 19.4. The van der Waals surface area contributed by atoms with Gasteiger partial charge in [-0.2, -0.15) is 13.2 Å². The normalized spacial score (nSPS) is 17.2. The molecule has 1 heterocycles. The molecule has 1 atom stereocenters. The maximum absolute atomic E-state index is 12.5. The van der Waals surface area contributed by atoms with E-state index in [1.54, 1.807) is 11.9 Å². The van der Waals surface area contributed by atoms with Crippen LogP contribution in [-0.2, 0) is 17.5 Å². The van der Waals surface area contributed by atoms with Crippen LogP contribution < -0.4 is 5.32 Å². The first-order chi connectivity index (χ1) is 9.79. The zero-order chi connectivity index (χ0) is 15.6. The van der Waals surface area contributed by atoms with Gasteiger partial charge < -0.3 is 10.2 Å². The minimum absolute atomic E-state index is 0.0291. The highest BCUT2D eigenvalue weighted by Gasteiger charge is 2.31. The van der Waals surface area contributed by atoms with Gasteiger partial charge in [-0.15, -0.1) is 0 Å². The van der Waals surface area contributed by atoms with Crippen molar-refractivity contribution in [2.45, 2.75) is 19.6 Å². The Morgan fingerprint density at radius 1 is 1.33 bits per heavy atom. The van der Waals surface area contributed by atoms with Gasteiger partial charge in [0.15, 0.2) is 0 Å². The smallest absolute Gasteiger partial charge is 0.341 e. The Labute approximate surface area is 122 Å². The van der Waals surface area contributed by atoms with Crippen LogP contribution in [0.1, 0.15) is 18.1 Å². The van der Waals surface area contributed by atoms with Gasteiger partial charge in [-0.1, -0.05) is 19.1 Å². The molecule has 1 unspecified atom stereocenters. The standard InChI is InChI=1S/C15H19F3N2O/c1-10(12-7-19-8-12)14(21)20(2)9-11-3-5-13(6-4-11)15(16,17)18/h3-6,10,12,19H,7-9H2,1-2H3. The third kappa shape index (κ3) is 3.75. The average Bonchev–Trinajstić information content (AvgIpc) is 2.35. The Kier molecular flexibility index (Phi) is 4.56. The fraction of sp³-hybridized carbons (Fsp3) is 0.533. The topological polar surface area (TPSA) is 32.3 Å². The van der Waals surface area contributed by atoms with E-state index in [1.165, 1.54) is 12.1 Å². The molecule has 1 amide bonds. The molecule has 1 aliphatic rings. The van der Waals surface area contributed by atoms with Gasteiger partial charge >= 0.3 is 6.18 Å². The van der Waals surface area contributed by atoms with Crippen LogP contribution in [0.15, 0.2) is 24.3 Å². The number of amides is 1. The predicted molar refractivity (Wildman–Crippen MR) is 73.4 cm³/mol. The summed E-state index contributed by atoms with van der Waals surface area (Å²) in [7, 11) is 1.68. The van der Waals surface area contributed by atoms with Crippen molar-refractivity contribution < 1.29 is 18.0 Å². The van der Waals surface area contributed by atoms with Gasteiger partial charge in [-0.05, 0) is 36.7 Å². The molecule has 0 saturated carbocycles. The Morgan fingerprint density at radius 2 is 1.90 bits per heavy atom. The quantitative estimate of drug-likeness (QED) is 0.926. The average molecular weight is 300 g/mol.